The predicted octanol–water partition coefficient (Wildman–Crippen LogP) is 3.21. The van der Waals surface area contributed by atoms with E-state index in [9.17, 15) is 0 Å². The summed E-state index contributed by atoms with van der Waals surface area (Å²) in [5.74, 6) is 0.832. The minimum absolute atomic E-state index is 0.451. The number of hydrogen-bond acceptors (Lipinski definition) is 4. The number of pyridine rings is 2. The second-order valence-corrected chi connectivity index (χ2v) is 5.01. The van der Waals surface area contributed by atoms with Gasteiger partial charge in [-0.2, -0.15) is 0 Å². The summed E-state index contributed by atoms with van der Waals surface area (Å²) in [7, 11) is 0. The van der Waals surface area contributed by atoms with E-state index in [1.807, 2.05) is 36.5 Å². The molecule has 0 aliphatic carbocycles. The van der Waals surface area contributed by atoms with E-state index in [-0.39, 0.29) is 0 Å². The van der Waals surface area contributed by atoms with Crippen LogP contribution in [0.15, 0.2) is 67.1 Å². The van der Waals surface area contributed by atoms with Crippen LogP contribution in [0.1, 0.15) is 11.1 Å². The Morgan fingerprint density at radius 1 is 0.955 bits per heavy atom. The Morgan fingerprint density at radius 2 is 1.73 bits per heavy atom. The number of hydrogen-bond donors (Lipinski definition) is 2. The number of nitrogens with two attached hydrogens (primary N) is 1. The molecule has 2 heterocycles. The molecule has 0 atom stereocenters. The summed E-state index contributed by atoms with van der Waals surface area (Å²) in [5.41, 5.74) is 10.3. The molecule has 1 aromatic carbocycles. The van der Waals surface area contributed by atoms with Crippen molar-refractivity contribution < 1.29 is 0 Å². The zero-order valence-electron chi connectivity index (χ0n) is 12.2. The van der Waals surface area contributed by atoms with Gasteiger partial charge in [0.05, 0.1) is 0 Å². The van der Waals surface area contributed by atoms with E-state index in [0.717, 1.165) is 28.1 Å². The lowest BCUT2D eigenvalue weighted by Crippen LogP contribution is -2.08. The lowest BCUT2D eigenvalue weighted by molar-refractivity contribution is 1.02. The fraction of sp³-hybridized carbons (Fsp3) is 0.111. The fourth-order valence-electron chi connectivity index (χ4n) is 2.30. The number of benzene rings is 1. The van der Waals surface area contributed by atoms with Crippen LogP contribution in [0.25, 0.3) is 11.1 Å². The molecule has 0 fully saturated rings. The van der Waals surface area contributed by atoms with Crippen LogP contribution in [0.2, 0.25) is 0 Å². The van der Waals surface area contributed by atoms with Gasteiger partial charge in [-0.05, 0) is 29.3 Å². The van der Waals surface area contributed by atoms with Crippen LogP contribution in [0, 0.1) is 0 Å². The average Bonchev–Trinajstić information content (AvgIpc) is 2.61. The van der Waals surface area contributed by atoms with Gasteiger partial charge in [0.1, 0.15) is 5.82 Å². The maximum Gasteiger partial charge on any atom is 0.130 e. The van der Waals surface area contributed by atoms with Crippen LogP contribution in [-0.2, 0) is 13.1 Å². The van der Waals surface area contributed by atoms with E-state index < -0.39 is 0 Å². The first-order valence-corrected chi connectivity index (χ1v) is 7.24. The Labute approximate surface area is 130 Å². The van der Waals surface area contributed by atoms with Crippen LogP contribution < -0.4 is 11.1 Å². The van der Waals surface area contributed by atoms with E-state index in [4.69, 9.17) is 5.73 Å². The molecule has 3 N–H and O–H groups in total. The molecule has 2 aromatic heterocycles. The lowest BCUT2D eigenvalue weighted by atomic mass is 10.1. The highest BCUT2D eigenvalue weighted by molar-refractivity contribution is 5.65. The van der Waals surface area contributed by atoms with Gasteiger partial charge in [-0.25, -0.2) is 4.98 Å². The van der Waals surface area contributed by atoms with Crippen molar-refractivity contribution >= 4 is 5.82 Å². The first-order chi connectivity index (χ1) is 10.9. The monoisotopic (exact) mass is 290 g/mol. The number of anilines is 1. The first-order valence-electron chi connectivity index (χ1n) is 7.24. The minimum atomic E-state index is 0.451. The summed E-state index contributed by atoms with van der Waals surface area (Å²) in [6.45, 7) is 1.15. The zero-order valence-corrected chi connectivity index (χ0v) is 12.2. The summed E-state index contributed by atoms with van der Waals surface area (Å²) in [4.78, 5) is 8.55. The normalized spacial score (nSPS) is 10.4. The molecule has 0 unspecified atom stereocenters. The van der Waals surface area contributed by atoms with Crippen LogP contribution in [-0.4, -0.2) is 9.97 Å². The van der Waals surface area contributed by atoms with Gasteiger partial charge in [-0.1, -0.05) is 30.3 Å². The molecule has 4 heteroatoms. The van der Waals surface area contributed by atoms with E-state index in [1.54, 1.807) is 12.4 Å². The Balaban J connectivity index is 1.80. The van der Waals surface area contributed by atoms with Crippen LogP contribution in [0.3, 0.4) is 0 Å². The second-order valence-electron chi connectivity index (χ2n) is 5.01. The third kappa shape index (κ3) is 3.30. The van der Waals surface area contributed by atoms with Crippen molar-refractivity contribution in [2.24, 2.45) is 5.73 Å². The van der Waals surface area contributed by atoms with E-state index in [2.05, 4.69) is 33.5 Å². The minimum Gasteiger partial charge on any atom is -0.366 e. The van der Waals surface area contributed by atoms with Crippen LogP contribution >= 0.6 is 0 Å². The molecular weight excluding hydrogens is 272 g/mol. The van der Waals surface area contributed by atoms with Crippen molar-refractivity contribution in [3.63, 3.8) is 0 Å². The number of nitrogens with zero attached hydrogens (tertiary/aromatic N) is 2. The first kappa shape index (κ1) is 14.2. The third-order valence-corrected chi connectivity index (χ3v) is 3.50. The van der Waals surface area contributed by atoms with Gasteiger partial charge in [0.15, 0.2) is 0 Å². The van der Waals surface area contributed by atoms with Gasteiger partial charge in [-0.3, -0.25) is 4.98 Å². The predicted molar refractivity (Wildman–Crippen MR) is 89.1 cm³/mol. The molecular formula is C18H18N4. The Bertz CT molecular complexity index is 727. The van der Waals surface area contributed by atoms with E-state index in [1.165, 1.54) is 0 Å². The maximum absolute atomic E-state index is 5.88. The molecule has 0 saturated heterocycles. The second kappa shape index (κ2) is 6.83. The topological polar surface area (TPSA) is 63.8 Å². The summed E-state index contributed by atoms with van der Waals surface area (Å²) < 4.78 is 0. The van der Waals surface area contributed by atoms with Crippen molar-refractivity contribution in [3.8, 4) is 11.1 Å². The summed E-state index contributed by atoms with van der Waals surface area (Å²) in [5, 5.41) is 3.34. The quantitative estimate of drug-likeness (QED) is 0.757. The Hall–Kier alpha value is -2.72. The number of rotatable bonds is 5. The van der Waals surface area contributed by atoms with Crippen molar-refractivity contribution in [3.05, 3.63) is 78.2 Å². The molecule has 3 rings (SSSR count). The molecule has 22 heavy (non-hydrogen) atoms. The molecule has 0 aliphatic rings. The molecule has 3 aromatic rings. The van der Waals surface area contributed by atoms with Gasteiger partial charge >= 0.3 is 0 Å². The van der Waals surface area contributed by atoms with Gasteiger partial charge < -0.3 is 11.1 Å². The van der Waals surface area contributed by atoms with Crippen LogP contribution in [0.4, 0.5) is 5.82 Å². The van der Waals surface area contributed by atoms with Crippen molar-refractivity contribution in [2.75, 3.05) is 5.32 Å². The molecule has 0 radical (unpaired) electrons. The molecule has 0 amide bonds. The molecule has 0 aliphatic heterocycles. The molecule has 0 bridgehead atoms. The SMILES string of the molecule is NCc1cc(-c2ccccc2)cnc1NCc1ccncc1. The highest BCUT2D eigenvalue weighted by Crippen LogP contribution is 2.23. The number of aromatic nitrogens is 2. The average molecular weight is 290 g/mol. The van der Waals surface area contributed by atoms with Crippen molar-refractivity contribution in [2.45, 2.75) is 13.1 Å². The van der Waals surface area contributed by atoms with Crippen molar-refractivity contribution in [1.82, 2.24) is 9.97 Å². The fourth-order valence-corrected chi connectivity index (χ4v) is 2.30. The highest BCUT2D eigenvalue weighted by atomic mass is 15.0. The largest absolute Gasteiger partial charge is 0.366 e. The lowest BCUT2D eigenvalue weighted by Gasteiger charge is -2.12. The maximum atomic E-state index is 5.88. The van der Waals surface area contributed by atoms with E-state index >= 15 is 0 Å². The Kier molecular flexibility index (Phi) is 4.41. The smallest absolute Gasteiger partial charge is 0.130 e. The molecule has 110 valence electrons. The summed E-state index contributed by atoms with van der Waals surface area (Å²) in [6.07, 6.45) is 5.45. The molecule has 4 nitrogen and oxygen atoms in total. The van der Waals surface area contributed by atoms with Crippen molar-refractivity contribution in [1.29, 1.82) is 0 Å². The zero-order chi connectivity index (χ0) is 15.2. The van der Waals surface area contributed by atoms with Gasteiger partial charge in [-0.15, -0.1) is 0 Å². The summed E-state index contributed by atoms with van der Waals surface area (Å²) in [6, 6.07) is 16.2. The third-order valence-electron chi connectivity index (χ3n) is 3.50. The standard InChI is InChI=1S/C18H18N4/c19-11-16-10-17(15-4-2-1-3-5-15)13-22-18(16)21-12-14-6-8-20-9-7-14/h1-10,13H,11-12,19H2,(H,21,22). The van der Waals surface area contributed by atoms with Gasteiger partial charge in [0.25, 0.3) is 0 Å². The molecule has 0 saturated carbocycles. The van der Waals surface area contributed by atoms with Gasteiger partial charge in [0, 0.05) is 42.8 Å². The summed E-state index contributed by atoms with van der Waals surface area (Å²) >= 11 is 0. The van der Waals surface area contributed by atoms with E-state index in [0.29, 0.717) is 13.1 Å². The highest BCUT2D eigenvalue weighted by Gasteiger charge is 2.06. The van der Waals surface area contributed by atoms with Crippen LogP contribution in [0.5, 0.6) is 0 Å². The Morgan fingerprint density at radius 3 is 2.45 bits per heavy atom. The molecule has 0 spiro atoms. The number of nitrogens with one attached hydrogen (secondary N) is 1. The van der Waals surface area contributed by atoms with Gasteiger partial charge in [0.2, 0.25) is 0 Å².